The molecule has 1 aliphatic carbocycles. The lowest BCUT2D eigenvalue weighted by Gasteiger charge is -2.27. The van der Waals surface area contributed by atoms with Crippen LogP contribution in [0.15, 0.2) is 60.7 Å². The van der Waals surface area contributed by atoms with E-state index in [9.17, 15) is 25.5 Å². The van der Waals surface area contributed by atoms with Gasteiger partial charge in [-0.2, -0.15) is 0 Å². The van der Waals surface area contributed by atoms with Gasteiger partial charge in [-0.1, -0.05) is 165 Å². The topological polar surface area (TPSA) is 101 Å². The molecule has 0 amide bonds. The van der Waals surface area contributed by atoms with E-state index < -0.39 is 0 Å². The van der Waals surface area contributed by atoms with Crippen molar-refractivity contribution in [1.82, 2.24) is 0 Å². The van der Waals surface area contributed by atoms with Crippen molar-refractivity contribution < 1.29 is 25.5 Å². The van der Waals surface area contributed by atoms with Gasteiger partial charge in [0.1, 0.15) is 28.7 Å². The highest BCUT2D eigenvalue weighted by atomic mass is 16.3. The second kappa shape index (κ2) is 15.2. The maximum Gasteiger partial charge on any atom is 0.122 e. The summed E-state index contributed by atoms with van der Waals surface area (Å²) in [6.07, 6.45) is 1.43. The summed E-state index contributed by atoms with van der Waals surface area (Å²) in [5.41, 5.74) is 10.9. The van der Waals surface area contributed by atoms with Crippen LogP contribution in [0.25, 0.3) is 0 Å². The number of phenolic OH excluding ortho intramolecular Hbond substituents is 5. The first-order valence-electron chi connectivity index (χ1n) is 21.7. The first-order chi connectivity index (χ1) is 27.4. The molecule has 0 unspecified atom stereocenters. The molecule has 5 nitrogen and oxygen atoms in total. The van der Waals surface area contributed by atoms with E-state index in [1.165, 1.54) is 0 Å². The molecule has 60 heavy (non-hydrogen) atoms. The molecule has 0 aliphatic heterocycles. The van der Waals surface area contributed by atoms with E-state index >= 15 is 0 Å². The van der Waals surface area contributed by atoms with Crippen molar-refractivity contribution >= 4 is 0 Å². The van der Waals surface area contributed by atoms with Crippen molar-refractivity contribution in [3.63, 3.8) is 0 Å². The molecule has 0 atom stereocenters. The molecule has 0 saturated heterocycles. The van der Waals surface area contributed by atoms with Gasteiger partial charge in [-0.15, -0.1) is 0 Å². The molecule has 5 aromatic rings. The normalized spacial score (nSPS) is 14.2. The fourth-order valence-electron chi connectivity index (χ4n) is 8.34. The van der Waals surface area contributed by atoms with Crippen LogP contribution in [-0.2, 0) is 59.2 Å². The summed E-state index contributed by atoms with van der Waals surface area (Å²) in [6.45, 7) is 32.3. The molecule has 320 valence electrons. The van der Waals surface area contributed by atoms with Gasteiger partial charge >= 0.3 is 0 Å². The molecule has 5 N–H and O–H groups in total. The monoisotopic (exact) mass is 811 g/mol. The Hall–Kier alpha value is -4.90. The molecule has 5 heteroatoms. The molecule has 0 radical (unpaired) electrons. The fraction of sp³-hybridized carbons (Fsp3) is 0.455. The van der Waals surface area contributed by atoms with Crippen molar-refractivity contribution in [3.8, 4) is 28.7 Å². The lowest BCUT2D eigenvalue weighted by molar-refractivity contribution is 0.449. The molecular weight excluding hydrogens is 741 g/mol. The lowest BCUT2D eigenvalue weighted by Crippen LogP contribution is -2.15. The number of fused-ring (bicyclic) bond motifs is 10. The Kier molecular flexibility index (Phi) is 11.3. The molecule has 6 rings (SSSR count). The van der Waals surface area contributed by atoms with Crippen LogP contribution < -0.4 is 0 Å². The van der Waals surface area contributed by atoms with Gasteiger partial charge in [-0.25, -0.2) is 0 Å². The molecule has 10 bridgehead atoms. The average molecular weight is 811 g/mol. The SMILES string of the molecule is CC(C)(C)c1cc2c(O)c(c1)Cc1cc(C(C)(C)C)cc(c1O)Cc1cc(C(C)(C)C)cc(c1O)Cc1cc(C(C)(C)C)cc(c1O)Cc1cc(C(C)(C)C)cc(c1O)C2. The van der Waals surface area contributed by atoms with Gasteiger partial charge in [0.15, 0.2) is 0 Å². The Labute approximate surface area is 360 Å². The standard InChI is InChI=1S/C55H70O5/c1-51(2,3)41-21-31-16-33-23-42(52(4,5)6)25-35(47(33)57)18-37-27-44(54(10,11)12)29-39(49(37)59)20-40-30-45(55(13,14)15)28-38(50(40)60)19-36-26-43(53(7,8)9)24-34(48(36)58)17-32(22-41)46(31)56/h21-30,56-60H,16-20H2,1-15H3. The maximum absolute atomic E-state index is 12.2. The minimum Gasteiger partial charge on any atom is -0.507 e. The van der Waals surface area contributed by atoms with Gasteiger partial charge in [-0.3, -0.25) is 0 Å². The predicted octanol–water partition coefficient (Wildman–Crippen LogP) is 13.0. The van der Waals surface area contributed by atoms with E-state index in [0.29, 0.717) is 55.6 Å². The highest BCUT2D eigenvalue weighted by molar-refractivity contribution is 5.59. The summed E-state index contributed by atoms with van der Waals surface area (Å²) in [5.74, 6) is 0.704. The third-order valence-electron chi connectivity index (χ3n) is 12.6. The Morgan fingerprint density at radius 3 is 0.417 bits per heavy atom. The van der Waals surface area contributed by atoms with Crippen LogP contribution in [0, 0.1) is 0 Å². The van der Waals surface area contributed by atoms with Gasteiger partial charge in [-0.05, 0) is 111 Å². The Morgan fingerprint density at radius 1 is 0.233 bits per heavy atom. The summed E-state index contributed by atoms with van der Waals surface area (Å²) in [4.78, 5) is 0. The van der Waals surface area contributed by atoms with Crippen LogP contribution in [-0.4, -0.2) is 25.5 Å². The second-order valence-corrected chi connectivity index (χ2v) is 22.8. The highest BCUT2D eigenvalue weighted by Gasteiger charge is 2.28. The summed E-state index contributed by atoms with van der Waals surface area (Å²) in [7, 11) is 0. The number of hydrogen-bond donors (Lipinski definition) is 5. The molecular formula is C55H70O5. The van der Waals surface area contributed by atoms with Crippen LogP contribution in [0.5, 0.6) is 28.7 Å². The van der Waals surface area contributed by atoms with Crippen molar-refractivity contribution in [1.29, 1.82) is 0 Å². The molecule has 0 aromatic heterocycles. The molecule has 0 saturated carbocycles. The summed E-state index contributed by atoms with van der Waals surface area (Å²) in [5, 5.41) is 61.2. The van der Waals surface area contributed by atoms with E-state index in [0.717, 1.165) is 27.8 Å². The zero-order valence-electron chi connectivity index (χ0n) is 39.0. The minimum atomic E-state index is -0.257. The van der Waals surface area contributed by atoms with Crippen LogP contribution in [0.4, 0.5) is 0 Å². The van der Waals surface area contributed by atoms with E-state index in [2.05, 4.69) is 165 Å². The zero-order valence-corrected chi connectivity index (χ0v) is 39.0. The van der Waals surface area contributed by atoms with Crippen molar-refractivity contribution in [3.05, 3.63) is 144 Å². The van der Waals surface area contributed by atoms with Gasteiger partial charge in [0, 0.05) is 32.1 Å². The van der Waals surface area contributed by atoms with Gasteiger partial charge < -0.3 is 25.5 Å². The molecule has 0 spiro atoms. The van der Waals surface area contributed by atoms with Crippen LogP contribution in [0.3, 0.4) is 0 Å². The molecule has 5 aromatic carbocycles. The zero-order chi connectivity index (χ0) is 44.7. The number of phenols is 5. The first-order valence-corrected chi connectivity index (χ1v) is 21.7. The predicted molar refractivity (Wildman–Crippen MR) is 248 cm³/mol. The van der Waals surface area contributed by atoms with Crippen molar-refractivity contribution in [2.24, 2.45) is 0 Å². The van der Waals surface area contributed by atoms with E-state index in [1.807, 2.05) is 0 Å². The Morgan fingerprint density at radius 2 is 0.333 bits per heavy atom. The van der Waals surface area contributed by atoms with Crippen LogP contribution >= 0.6 is 0 Å². The number of hydrogen-bond acceptors (Lipinski definition) is 5. The quantitative estimate of drug-likeness (QED) is 0.105. The van der Waals surface area contributed by atoms with E-state index in [-0.39, 0.29) is 87.9 Å². The molecule has 0 fully saturated rings. The highest BCUT2D eigenvalue weighted by Crippen LogP contribution is 2.44. The van der Waals surface area contributed by atoms with Gasteiger partial charge in [0.2, 0.25) is 0 Å². The Balaban J connectivity index is 1.74. The molecule has 0 heterocycles. The summed E-state index contributed by atoms with van der Waals surface area (Å²) >= 11 is 0. The summed E-state index contributed by atoms with van der Waals surface area (Å²) < 4.78 is 0. The number of rotatable bonds is 0. The van der Waals surface area contributed by atoms with E-state index in [4.69, 9.17) is 0 Å². The third-order valence-corrected chi connectivity index (χ3v) is 12.6. The number of aromatic hydroxyl groups is 5. The first kappa shape index (κ1) is 44.6. The largest absolute Gasteiger partial charge is 0.507 e. The maximum atomic E-state index is 12.2. The minimum absolute atomic E-state index is 0.141. The summed E-state index contributed by atoms with van der Waals surface area (Å²) in [6, 6.07) is 20.5. The number of benzene rings is 5. The molecule has 1 aliphatic rings. The Bertz CT molecular complexity index is 1950. The van der Waals surface area contributed by atoms with Crippen molar-refractivity contribution in [2.75, 3.05) is 0 Å². The van der Waals surface area contributed by atoms with Crippen LogP contribution in [0.2, 0.25) is 0 Å². The van der Waals surface area contributed by atoms with E-state index in [1.54, 1.807) is 0 Å². The third kappa shape index (κ3) is 9.21. The second-order valence-electron chi connectivity index (χ2n) is 22.8. The van der Waals surface area contributed by atoms with Crippen LogP contribution in [0.1, 0.15) is 187 Å². The average Bonchev–Trinajstić information content (AvgIpc) is 3.09. The van der Waals surface area contributed by atoms with Crippen molar-refractivity contribution in [2.45, 2.75) is 163 Å². The lowest BCUT2D eigenvalue weighted by atomic mass is 9.79. The fourth-order valence-corrected chi connectivity index (χ4v) is 8.34. The van der Waals surface area contributed by atoms with Gasteiger partial charge in [0.25, 0.3) is 0 Å². The van der Waals surface area contributed by atoms with Gasteiger partial charge in [0.05, 0.1) is 0 Å². The smallest absolute Gasteiger partial charge is 0.122 e.